The summed E-state index contributed by atoms with van der Waals surface area (Å²) in [6.45, 7) is 4.05. The zero-order chi connectivity index (χ0) is 23.8. The van der Waals surface area contributed by atoms with Gasteiger partial charge in [-0.25, -0.2) is 9.37 Å². The van der Waals surface area contributed by atoms with Crippen molar-refractivity contribution in [2.24, 2.45) is 5.92 Å². The van der Waals surface area contributed by atoms with E-state index in [1.54, 1.807) is 36.7 Å². The van der Waals surface area contributed by atoms with Gasteiger partial charge in [-0.1, -0.05) is 24.6 Å². The standard InChI is InChI=1S/C29H27FN2O2/c1-17-14-25-29(18(2)28(17)19-10-12-31-13-11-19)22(21-7-3-4-8-23(21)30)16-24(32-25)27(34)15-20-6-5-9-26(20)33/h3-4,7-8,10-14,16,20,26,33H,5-6,9,15H2,1-2H3/t20-,26+/m1/s1. The van der Waals surface area contributed by atoms with Crippen LogP contribution in [0.4, 0.5) is 4.39 Å². The maximum atomic E-state index is 15.0. The number of carbonyl (C=O) groups excluding carboxylic acids is 1. The Bertz CT molecular complexity index is 1380. The number of hydrogen-bond donors (Lipinski definition) is 1. The van der Waals surface area contributed by atoms with E-state index in [1.165, 1.54) is 6.07 Å². The number of aromatic nitrogens is 2. The molecule has 1 N–H and O–H groups in total. The fourth-order valence-electron chi connectivity index (χ4n) is 5.36. The molecular formula is C29H27FN2O2. The molecule has 1 fully saturated rings. The highest BCUT2D eigenvalue weighted by atomic mass is 19.1. The third kappa shape index (κ3) is 4.01. The lowest BCUT2D eigenvalue weighted by Gasteiger charge is -2.18. The number of pyridine rings is 2. The summed E-state index contributed by atoms with van der Waals surface area (Å²) in [6.07, 6.45) is 5.84. The summed E-state index contributed by atoms with van der Waals surface area (Å²) in [4.78, 5) is 22.1. The van der Waals surface area contributed by atoms with Gasteiger partial charge >= 0.3 is 0 Å². The molecule has 2 aromatic heterocycles. The molecule has 2 heterocycles. The summed E-state index contributed by atoms with van der Waals surface area (Å²) in [5.41, 5.74) is 6.19. The summed E-state index contributed by atoms with van der Waals surface area (Å²) < 4.78 is 15.0. The second-order valence-corrected chi connectivity index (χ2v) is 9.24. The van der Waals surface area contributed by atoms with Crippen LogP contribution >= 0.6 is 0 Å². The summed E-state index contributed by atoms with van der Waals surface area (Å²) >= 11 is 0. The summed E-state index contributed by atoms with van der Waals surface area (Å²) in [5.74, 6) is -0.497. The zero-order valence-electron chi connectivity index (χ0n) is 19.4. The topological polar surface area (TPSA) is 63.1 Å². The van der Waals surface area contributed by atoms with Crippen LogP contribution in [0.5, 0.6) is 0 Å². The van der Waals surface area contributed by atoms with E-state index in [2.05, 4.69) is 4.98 Å². The van der Waals surface area contributed by atoms with Crippen molar-refractivity contribution in [1.29, 1.82) is 0 Å². The van der Waals surface area contributed by atoms with E-state index in [1.807, 2.05) is 32.0 Å². The Labute approximate surface area is 198 Å². The number of hydrogen-bond acceptors (Lipinski definition) is 4. The first kappa shape index (κ1) is 22.4. The van der Waals surface area contributed by atoms with E-state index in [4.69, 9.17) is 4.98 Å². The van der Waals surface area contributed by atoms with Gasteiger partial charge in [-0.15, -0.1) is 0 Å². The van der Waals surface area contributed by atoms with Crippen LogP contribution in [-0.4, -0.2) is 27.0 Å². The van der Waals surface area contributed by atoms with E-state index in [0.717, 1.165) is 46.9 Å². The Morgan fingerprint density at radius 2 is 1.82 bits per heavy atom. The van der Waals surface area contributed by atoms with Gasteiger partial charge in [-0.05, 0) is 90.8 Å². The van der Waals surface area contributed by atoms with Crippen molar-refractivity contribution in [2.45, 2.75) is 45.6 Å². The lowest BCUT2D eigenvalue weighted by molar-refractivity contribution is 0.0864. The van der Waals surface area contributed by atoms with Gasteiger partial charge < -0.3 is 5.11 Å². The molecule has 0 spiro atoms. The molecule has 0 amide bonds. The number of fused-ring (bicyclic) bond motifs is 1. The molecule has 2 atom stereocenters. The van der Waals surface area contributed by atoms with Crippen LogP contribution in [0.3, 0.4) is 0 Å². The number of rotatable bonds is 5. The number of carbonyl (C=O) groups is 1. The van der Waals surface area contributed by atoms with Crippen LogP contribution in [0, 0.1) is 25.6 Å². The van der Waals surface area contributed by atoms with E-state index in [-0.39, 0.29) is 23.9 Å². The Morgan fingerprint density at radius 3 is 2.53 bits per heavy atom. The third-order valence-corrected chi connectivity index (χ3v) is 7.03. The molecule has 5 heteroatoms. The average molecular weight is 455 g/mol. The smallest absolute Gasteiger partial charge is 0.181 e. The minimum Gasteiger partial charge on any atom is -0.393 e. The van der Waals surface area contributed by atoms with Crippen molar-refractivity contribution in [3.63, 3.8) is 0 Å². The molecule has 2 aromatic carbocycles. The van der Waals surface area contributed by atoms with Crippen molar-refractivity contribution in [3.8, 4) is 22.3 Å². The number of aryl methyl sites for hydroxylation is 2. The maximum Gasteiger partial charge on any atom is 0.181 e. The number of aliphatic hydroxyl groups is 1. The molecule has 4 nitrogen and oxygen atoms in total. The molecule has 5 rings (SSSR count). The molecule has 1 saturated carbocycles. The number of nitrogens with zero attached hydrogens (tertiary/aromatic N) is 2. The predicted octanol–water partition coefficient (Wildman–Crippen LogP) is 6.45. The lowest BCUT2D eigenvalue weighted by Crippen LogP contribution is -2.18. The monoisotopic (exact) mass is 454 g/mol. The largest absolute Gasteiger partial charge is 0.393 e. The first-order valence-electron chi connectivity index (χ1n) is 11.8. The van der Waals surface area contributed by atoms with Crippen molar-refractivity contribution >= 4 is 16.7 Å². The minimum atomic E-state index is -0.442. The second kappa shape index (κ2) is 9.07. The number of Topliss-reactive ketones (excluding diaryl/α,β-unsaturated/α-hetero) is 1. The van der Waals surface area contributed by atoms with Crippen LogP contribution in [0.1, 0.15) is 47.3 Å². The Hall–Kier alpha value is -3.44. The number of aliphatic hydroxyl groups excluding tert-OH is 1. The first-order valence-corrected chi connectivity index (χ1v) is 11.8. The molecule has 0 saturated heterocycles. The first-order chi connectivity index (χ1) is 16.4. The second-order valence-electron chi connectivity index (χ2n) is 9.24. The molecule has 0 unspecified atom stereocenters. The third-order valence-electron chi connectivity index (χ3n) is 7.03. The van der Waals surface area contributed by atoms with Crippen molar-refractivity contribution in [2.75, 3.05) is 0 Å². The highest BCUT2D eigenvalue weighted by Gasteiger charge is 2.29. The normalized spacial score (nSPS) is 17.9. The molecule has 1 aliphatic rings. The number of halogens is 1. The fraction of sp³-hybridized carbons (Fsp3) is 0.276. The number of benzene rings is 2. The van der Waals surface area contributed by atoms with Gasteiger partial charge in [-0.2, -0.15) is 0 Å². The van der Waals surface area contributed by atoms with Crippen LogP contribution in [-0.2, 0) is 0 Å². The highest BCUT2D eigenvalue weighted by Crippen LogP contribution is 2.39. The number of ketones is 1. The van der Waals surface area contributed by atoms with E-state index >= 15 is 4.39 Å². The van der Waals surface area contributed by atoms with E-state index in [0.29, 0.717) is 22.3 Å². The van der Waals surface area contributed by atoms with Gasteiger partial charge in [0.05, 0.1) is 11.6 Å². The summed E-state index contributed by atoms with van der Waals surface area (Å²) in [6, 6.07) is 14.3. The predicted molar refractivity (Wildman–Crippen MR) is 132 cm³/mol. The Balaban J connectivity index is 1.73. The maximum absolute atomic E-state index is 15.0. The molecular weight excluding hydrogens is 427 g/mol. The van der Waals surface area contributed by atoms with Crippen molar-refractivity contribution in [3.05, 3.63) is 83.6 Å². The van der Waals surface area contributed by atoms with Gasteiger partial charge in [0.2, 0.25) is 0 Å². The van der Waals surface area contributed by atoms with Gasteiger partial charge in [0.1, 0.15) is 11.5 Å². The molecule has 0 bridgehead atoms. The fourth-order valence-corrected chi connectivity index (χ4v) is 5.36. The average Bonchev–Trinajstić information content (AvgIpc) is 3.23. The molecule has 172 valence electrons. The van der Waals surface area contributed by atoms with E-state index < -0.39 is 6.10 Å². The Kier molecular flexibility index (Phi) is 5.96. The van der Waals surface area contributed by atoms with Gasteiger partial charge in [0, 0.05) is 29.8 Å². The lowest BCUT2D eigenvalue weighted by atomic mass is 9.88. The van der Waals surface area contributed by atoms with Gasteiger partial charge in [-0.3, -0.25) is 9.78 Å². The van der Waals surface area contributed by atoms with Gasteiger partial charge in [0.15, 0.2) is 5.78 Å². The zero-order valence-corrected chi connectivity index (χ0v) is 19.4. The SMILES string of the molecule is Cc1cc2nc(C(=O)C[C@H]3CCC[C@@H]3O)cc(-c3ccccc3F)c2c(C)c1-c1ccncc1. The van der Waals surface area contributed by atoms with Crippen molar-refractivity contribution in [1.82, 2.24) is 9.97 Å². The van der Waals surface area contributed by atoms with Crippen LogP contribution < -0.4 is 0 Å². The molecule has 0 radical (unpaired) electrons. The Morgan fingerprint density at radius 1 is 1.06 bits per heavy atom. The molecule has 4 aromatic rings. The molecule has 1 aliphatic carbocycles. The summed E-state index contributed by atoms with van der Waals surface area (Å²) in [7, 11) is 0. The molecule has 0 aliphatic heterocycles. The van der Waals surface area contributed by atoms with Crippen LogP contribution in [0.25, 0.3) is 33.2 Å². The van der Waals surface area contributed by atoms with Gasteiger partial charge in [0.25, 0.3) is 0 Å². The van der Waals surface area contributed by atoms with Crippen LogP contribution in [0.2, 0.25) is 0 Å². The quantitative estimate of drug-likeness (QED) is 0.352. The minimum absolute atomic E-state index is 0.0422. The van der Waals surface area contributed by atoms with Crippen LogP contribution in [0.15, 0.2) is 60.9 Å². The van der Waals surface area contributed by atoms with Crippen molar-refractivity contribution < 1.29 is 14.3 Å². The molecule has 34 heavy (non-hydrogen) atoms. The summed E-state index contributed by atoms with van der Waals surface area (Å²) in [5, 5.41) is 11.0. The van der Waals surface area contributed by atoms with E-state index in [9.17, 15) is 9.90 Å². The highest BCUT2D eigenvalue weighted by molar-refractivity contribution is 6.05.